The molecule has 76 valence electrons. The second kappa shape index (κ2) is 3.42. The molecular formula is C9H12N2O3. The highest BCUT2D eigenvalue weighted by atomic mass is 16.4. The van der Waals surface area contributed by atoms with Gasteiger partial charge in [0.05, 0.1) is 0 Å². The molecule has 5 heteroatoms. The van der Waals surface area contributed by atoms with Crippen LogP contribution in [0, 0.1) is 0 Å². The fraction of sp³-hybridized carbons (Fsp3) is 0.556. The average molecular weight is 196 g/mol. The van der Waals surface area contributed by atoms with E-state index in [1.54, 1.807) is 0 Å². The van der Waals surface area contributed by atoms with Crippen molar-refractivity contribution in [3.8, 4) is 0 Å². The number of carboxylic acids is 1. The molecule has 2 rings (SSSR count). The first-order chi connectivity index (χ1) is 6.72. The van der Waals surface area contributed by atoms with Crippen molar-refractivity contribution in [3.63, 3.8) is 0 Å². The van der Waals surface area contributed by atoms with Crippen molar-refractivity contribution in [1.82, 2.24) is 4.98 Å². The summed E-state index contributed by atoms with van der Waals surface area (Å²) < 4.78 is 5.18. The second-order valence-electron chi connectivity index (χ2n) is 3.47. The Morgan fingerprint density at radius 2 is 2.36 bits per heavy atom. The van der Waals surface area contributed by atoms with Gasteiger partial charge in [-0.15, -0.1) is 0 Å². The average Bonchev–Trinajstić information content (AvgIpc) is 2.45. The largest absolute Gasteiger partial charge is 0.475 e. The number of hydrogen-bond acceptors (Lipinski definition) is 4. The number of hydrogen-bond donors (Lipinski definition) is 2. The third-order valence-corrected chi connectivity index (χ3v) is 2.56. The zero-order chi connectivity index (χ0) is 10.1. The van der Waals surface area contributed by atoms with E-state index in [2.05, 4.69) is 4.98 Å². The van der Waals surface area contributed by atoms with E-state index in [1.807, 2.05) is 0 Å². The van der Waals surface area contributed by atoms with Gasteiger partial charge in [0.25, 0.3) is 0 Å². The molecule has 0 amide bonds. The standard InChI is InChI=1S/C9H12N2O3/c10-4-6-7(9(12)13)14-8(11-6)5-2-1-3-5/h5H,1-4,10H2,(H,12,13). The Bertz CT molecular complexity index is 355. The normalized spacial score (nSPS) is 16.6. The van der Waals surface area contributed by atoms with E-state index >= 15 is 0 Å². The molecule has 0 aromatic carbocycles. The maximum absolute atomic E-state index is 10.7. The first-order valence-corrected chi connectivity index (χ1v) is 4.65. The summed E-state index contributed by atoms with van der Waals surface area (Å²) in [5, 5.41) is 8.79. The summed E-state index contributed by atoms with van der Waals surface area (Å²) in [4.78, 5) is 14.8. The minimum absolute atomic E-state index is 0.102. The van der Waals surface area contributed by atoms with Gasteiger partial charge in [-0.3, -0.25) is 0 Å². The molecule has 0 spiro atoms. The van der Waals surface area contributed by atoms with Gasteiger partial charge in [0.2, 0.25) is 5.76 Å². The van der Waals surface area contributed by atoms with Gasteiger partial charge >= 0.3 is 5.97 Å². The van der Waals surface area contributed by atoms with Gasteiger partial charge in [0, 0.05) is 12.5 Å². The zero-order valence-electron chi connectivity index (χ0n) is 7.69. The Morgan fingerprint density at radius 3 is 2.71 bits per heavy atom. The Kier molecular flexibility index (Phi) is 2.25. The Balaban J connectivity index is 2.30. The third kappa shape index (κ3) is 1.39. The van der Waals surface area contributed by atoms with Crippen LogP contribution in [0.15, 0.2) is 4.42 Å². The summed E-state index contributed by atoms with van der Waals surface area (Å²) >= 11 is 0. The van der Waals surface area contributed by atoms with E-state index in [0.717, 1.165) is 19.3 Å². The van der Waals surface area contributed by atoms with E-state index in [4.69, 9.17) is 15.3 Å². The Morgan fingerprint density at radius 1 is 1.64 bits per heavy atom. The molecule has 1 aliphatic rings. The minimum atomic E-state index is -1.09. The number of carboxylic acid groups (broad SMARTS) is 1. The fourth-order valence-corrected chi connectivity index (χ4v) is 1.51. The maximum atomic E-state index is 10.7. The molecule has 1 fully saturated rings. The van der Waals surface area contributed by atoms with Crippen LogP contribution in [0.3, 0.4) is 0 Å². The van der Waals surface area contributed by atoms with Crippen LogP contribution in [-0.4, -0.2) is 16.1 Å². The van der Waals surface area contributed by atoms with Crippen molar-refractivity contribution in [1.29, 1.82) is 0 Å². The lowest BCUT2D eigenvalue weighted by Gasteiger charge is -2.21. The number of nitrogens with zero attached hydrogens (tertiary/aromatic N) is 1. The van der Waals surface area contributed by atoms with E-state index in [-0.39, 0.29) is 12.3 Å². The van der Waals surface area contributed by atoms with Crippen LogP contribution >= 0.6 is 0 Å². The lowest BCUT2D eigenvalue weighted by Crippen LogP contribution is -2.09. The highest BCUT2D eigenvalue weighted by Crippen LogP contribution is 2.36. The zero-order valence-corrected chi connectivity index (χ0v) is 7.69. The van der Waals surface area contributed by atoms with Crippen LogP contribution in [-0.2, 0) is 6.54 Å². The van der Waals surface area contributed by atoms with Crippen LogP contribution in [0.1, 0.15) is 47.3 Å². The van der Waals surface area contributed by atoms with Crippen molar-refractivity contribution in [3.05, 3.63) is 17.3 Å². The number of nitrogens with two attached hydrogens (primary N) is 1. The van der Waals surface area contributed by atoms with Crippen molar-refractivity contribution < 1.29 is 14.3 Å². The molecule has 0 atom stereocenters. The predicted molar refractivity (Wildman–Crippen MR) is 47.9 cm³/mol. The van der Waals surface area contributed by atoms with Gasteiger partial charge in [-0.1, -0.05) is 6.42 Å². The number of carbonyl (C=O) groups is 1. The lowest BCUT2D eigenvalue weighted by atomic mass is 9.85. The molecule has 0 saturated heterocycles. The number of rotatable bonds is 3. The predicted octanol–water partition coefficient (Wildman–Crippen LogP) is 1.10. The molecule has 3 N–H and O–H groups in total. The first-order valence-electron chi connectivity index (χ1n) is 4.65. The van der Waals surface area contributed by atoms with Crippen LogP contribution in [0.5, 0.6) is 0 Å². The Labute approximate surface area is 80.9 Å². The molecule has 0 radical (unpaired) electrons. The summed E-state index contributed by atoms with van der Waals surface area (Å²) in [7, 11) is 0. The molecule has 1 aliphatic carbocycles. The van der Waals surface area contributed by atoms with Crippen molar-refractivity contribution >= 4 is 5.97 Å². The van der Waals surface area contributed by atoms with Gasteiger partial charge in [0.1, 0.15) is 5.69 Å². The third-order valence-electron chi connectivity index (χ3n) is 2.56. The minimum Gasteiger partial charge on any atom is -0.475 e. The summed E-state index contributed by atoms with van der Waals surface area (Å²) in [6, 6.07) is 0. The lowest BCUT2D eigenvalue weighted by molar-refractivity contribution is 0.0657. The van der Waals surface area contributed by atoms with Crippen LogP contribution in [0.2, 0.25) is 0 Å². The van der Waals surface area contributed by atoms with E-state index in [0.29, 0.717) is 17.5 Å². The Hall–Kier alpha value is -1.36. The molecular weight excluding hydrogens is 184 g/mol. The van der Waals surface area contributed by atoms with E-state index < -0.39 is 5.97 Å². The quantitative estimate of drug-likeness (QED) is 0.755. The molecule has 0 unspecified atom stereocenters. The molecule has 0 bridgehead atoms. The van der Waals surface area contributed by atoms with Gasteiger partial charge in [-0.2, -0.15) is 0 Å². The van der Waals surface area contributed by atoms with Gasteiger partial charge in [-0.25, -0.2) is 9.78 Å². The highest BCUT2D eigenvalue weighted by molar-refractivity contribution is 5.85. The maximum Gasteiger partial charge on any atom is 0.373 e. The van der Waals surface area contributed by atoms with Crippen LogP contribution in [0.4, 0.5) is 0 Å². The number of oxazole rings is 1. The van der Waals surface area contributed by atoms with Gasteiger partial charge < -0.3 is 15.3 Å². The fourth-order valence-electron chi connectivity index (χ4n) is 1.51. The highest BCUT2D eigenvalue weighted by Gasteiger charge is 2.27. The topological polar surface area (TPSA) is 89.4 Å². The van der Waals surface area contributed by atoms with E-state index in [1.165, 1.54) is 0 Å². The van der Waals surface area contributed by atoms with Crippen molar-refractivity contribution in [2.75, 3.05) is 0 Å². The molecule has 1 aromatic rings. The molecule has 1 saturated carbocycles. The molecule has 1 heterocycles. The summed E-state index contributed by atoms with van der Waals surface area (Å²) in [5.74, 6) is -0.361. The van der Waals surface area contributed by atoms with Gasteiger partial charge in [-0.05, 0) is 12.8 Å². The monoisotopic (exact) mass is 196 g/mol. The molecule has 1 aromatic heterocycles. The number of aromatic carboxylic acids is 1. The van der Waals surface area contributed by atoms with Crippen LogP contribution < -0.4 is 5.73 Å². The molecule has 14 heavy (non-hydrogen) atoms. The van der Waals surface area contributed by atoms with Gasteiger partial charge in [0.15, 0.2) is 5.89 Å². The van der Waals surface area contributed by atoms with Crippen molar-refractivity contribution in [2.24, 2.45) is 5.73 Å². The van der Waals surface area contributed by atoms with Crippen molar-refractivity contribution in [2.45, 2.75) is 31.7 Å². The first kappa shape index (κ1) is 9.21. The van der Waals surface area contributed by atoms with E-state index in [9.17, 15) is 4.79 Å². The molecule has 0 aliphatic heterocycles. The SMILES string of the molecule is NCc1nc(C2CCC2)oc1C(=O)O. The second-order valence-corrected chi connectivity index (χ2v) is 3.47. The summed E-state index contributed by atoms with van der Waals surface area (Å²) in [6.07, 6.45) is 3.22. The van der Waals surface area contributed by atoms with Crippen LogP contribution in [0.25, 0.3) is 0 Å². The summed E-state index contributed by atoms with van der Waals surface area (Å²) in [5.41, 5.74) is 5.72. The number of aromatic nitrogens is 1. The molecule has 5 nitrogen and oxygen atoms in total. The smallest absolute Gasteiger partial charge is 0.373 e. The summed E-state index contributed by atoms with van der Waals surface area (Å²) in [6.45, 7) is 0.109.